The van der Waals surface area contributed by atoms with Crippen molar-refractivity contribution in [2.75, 3.05) is 0 Å². The molecule has 1 heterocycles. The van der Waals surface area contributed by atoms with Crippen molar-refractivity contribution in [3.8, 4) is 11.5 Å². The van der Waals surface area contributed by atoms with Crippen LogP contribution in [0.1, 0.15) is 0 Å². The lowest BCUT2D eigenvalue weighted by Crippen LogP contribution is -1.86. The van der Waals surface area contributed by atoms with Crippen molar-refractivity contribution in [1.29, 1.82) is 0 Å². The van der Waals surface area contributed by atoms with E-state index in [0.29, 0.717) is 27.5 Å². The molecule has 2 aromatic carbocycles. The summed E-state index contributed by atoms with van der Waals surface area (Å²) < 4.78 is 24.3. The molecule has 3 rings (SSSR count). The van der Waals surface area contributed by atoms with Gasteiger partial charge in [0.1, 0.15) is 11.6 Å². The summed E-state index contributed by atoms with van der Waals surface area (Å²) in [5.74, 6) is 0.437. The Labute approximate surface area is 108 Å². The van der Waals surface area contributed by atoms with Crippen molar-refractivity contribution in [2.45, 2.75) is 0 Å². The van der Waals surface area contributed by atoms with Gasteiger partial charge in [0.15, 0.2) is 11.3 Å². The normalized spacial score (nSPS) is 10.8. The number of rotatable bonds is 2. The molecule has 0 aliphatic carbocycles. The molecule has 1 radical (unpaired) electrons. The van der Waals surface area contributed by atoms with Gasteiger partial charge in [-0.1, -0.05) is 11.6 Å². The van der Waals surface area contributed by atoms with Gasteiger partial charge in [-0.25, -0.2) is 4.39 Å². The van der Waals surface area contributed by atoms with Crippen molar-refractivity contribution < 1.29 is 13.5 Å². The average molecular weight is 262 g/mol. The monoisotopic (exact) mass is 261 g/mol. The maximum absolute atomic E-state index is 13.4. The smallest absolute Gasteiger partial charge is 0.176 e. The predicted molar refractivity (Wildman–Crippen MR) is 66.5 cm³/mol. The Balaban J connectivity index is 2.06. The van der Waals surface area contributed by atoms with Crippen molar-refractivity contribution in [3.05, 3.63) is 59.6 Å². The minimum absolute atomic E-state index is 0.317. The molecule has 4 heteroatoms. The van der Waals surface area contributed by atoms with Crippen LogP contribution in [-0.2, 0) is 0 Å². The van der Waals surface area contributed by atoms with Gasteiger partial charge in [-0.3, -0.25) is 0 Å². The lowest BCUT2D eigenvalue weighted by Gasteiger charge is -2.06. The van der Waals surface area contributed by atoms with Crippen molar-refractivity contribution in [1.82, 2.24) is 0 Å². The molecule has 0 unspecified atom stereocenters. The molecule has 0 amide bonds. The molecular weight excluding hydrogens is 255 g/mol. The first-order valence-electron chi connectivity index (χ1n) is 5.24. The molecule has 1 aromatic heterocycles. The van der Waals surface area contributed by atoms with Crippen LogP contribution in [0.5, 0.6) is 11.5 Å². The van der Waals surface area contributed by atoms with Crippen LogP contribution in [0.3, 0.4) is 0 Å². The second-order valence-corrected chi connectivity index (χ2v) is 4.12. The van der Waals surface area contributed by atoms with Crippen molar-refractivity contribution >= 4 is 22.6 Å². The molecule has 0 saturated carbocycles. The summed E-state index contributed by atoms with van der Waals surface area (Å²) in [7, 11) is 0. The van der Waals surface area contributed by atoms with Crippen molar-refractivity contribution in [2.24, 2.45) is 0 Å². The van der Waals surface area contributed by atoms with E-state index in [1.165, 1.54) is 18.4 Å². The molecular formula is C14H7ClFO2. The SMILES string of the molecule is Fc1cc(Oc2cc[c]c(Cl)c2)c2occc2c1. The van der Waals surface area contributed by atoms with Crippen LogP contribution in [0, 0.1) is 11.9 Å². The highest BCUT2D eigenvalue weighted by Crippen LogP contribution is 2.32. The average Bonchev–Trinajstić information content (AvgIpc) is 2.77. The van der Waals surface area contributed by atoms with Crippen LogP contribution in [0.4, 0.5) is 4.39 Å². The summed E-state index contributed by atoms with van der Waals surface area (Å²) >= 11 is 5.81. The molecule has 3 aromatic rings. The van der Waals surface area contributed by atoms with Gasteiger partial charge in [-0.15, -0.1) is 0 Å². The molecule has 89 valence electrons. The fourth-order valence-electron chi connectivity index (χ4n) is 1.70. The molecule has 0 aliphatic rings. The Morgan fingerprint density at radius 1 is 1.22 bits per heavy atom. The number of ether oxygens (including phenoxy) is 1. The van der Waals surface area contributed by atoms with Gasteiger partial charge in [0, 0.05) is 23.6 Å². The van der Waals surface area contributed by atoms with E-state index in [1.807, 2.05) is 0 Å². The summed E-state index contributed by atoms with van der Waals surface area (Å²) in [4.78, 5) is 0. The van der Waals surface area contributed by atoms with Crippen molar-refractivity contribution in [3.63, 3.8) is 0 Å². The summed E-state index contributed by atoms with van der Waals surface area (Å²) in [5.41, 5.74) is 0.500. The second kappa shape index (κ2) is 4.35. The van der Waals surface area contributed by atoms with Gasteiger partial charge >= 0.3 is 0 Å². The van der Waals surface area contributed by atoms with E-state index in [9.17, 15) is 4.39 Å². The quantitative estimate of drug-likeness (QED) is 0.660. The lowest BCUT2D eigenvalue weighted by atomic mass is 10.2. The van der Waals surface area contributed by atoms with E-state index in [1.54, 1.807) is 24.3 Å². The molecule has 0 bridgehead atoms. The van der Waals surface area contributed by atoms with Crippen LogP contribution < -0.4 is 4.74 Å². The molecule has 0 atom stereocenters. The van der Waals surface area contributed by atoms with Crippen LogP contribution in [0.25, 0.3) is 11.0 Å². The third kappa shape index (κ3) is 2.05. The zero-order valence-corrected chi connectivity index (χ0v) is 9.87. The summed E-state index contributed by atoms with van der Waals surface area (Å²) in [6.45, 7) is 0. The number of fused-ring (bicyclic) bond motifs is 1. The summed E-state index contributed by atoms with van der Waals surface area (Å²) in [5, 5.41) is 1.08. The summed E-state index contributed by atoms with van der Waals surface area (Å²) in [6.07, 6.45) is 1.49. The maximum atomic E-state index is 13.4. The number of halogens is 2. The van der Waals surface area contributed by atoms with E-state index in [2.05, 4.69) is 6.07 Å². The Kier molecular flexibility index (Phi) is 2.68. The van der Waals surface area contributed by atoms with E-state index in [0.717, 1.165) is 0 Å². The predicted octanol–water partition coefficient (Wildman–Crippen LogP) is 4.82. The highest BCUT2D eigenvalue weighted by molar-refractivity contribution is 6.30. The molecule has 0 saturated heterocycles. The Morgan fingerprint density at radius 3 is 2.94 bits per heavy atom. The standard InChI is InChI=1S/C14H7ClFO2/c15-10-2-1-3-12(7-10)18-13-8-11(16)6-9-4-5-17-14(9)13/h1,3-8H. The van der Waals surface area contributed by atoms with Gasteiger partial charge in [-0.2, -0.15) is 0 Å². The number of hydrogen-bond donors (Lipinski definition) is 0. The van der Waals surface area contributed by atoms with Gasteiger partial charge in [0.2, 0.25) is 0 Å². The van der Waals surface area contributed by atoms with E-state index >= 15 is 0 Å². The molecule has 0 spiro atoms. The molecule has 0 N–H and O–H groups in total. The zero-order chi connectivity index (χ0) is 12.5. The Hall–Kier alpha value is -2.00. The minimum atomic E-state index is -0.382. The second-order valence-electron chi connectivity index (χ2n) is 3.72. The minimum Gasteiger partial charge on any atom is -0.460 e. The van der Waals surface area contributed by atoms with Crippen LogP contribution in [0.15, 0.2) is 47.1 Å². The van der Waals surface area contributed by atoms with E-state index in [4.69, 9.17) is 20.8 Å². The Bertz CT molecular complexity index is 706. The first-order valence-corrected chi connectivity index (χ1v) is 5.62. The topological polar surface area (TPSA) is 22.4 Å². The van der Waals surface area contributed by atoms with Gasteiger partial charge in [0.05, 0.1) is 11.3 Å². The fourth-order valence-corrected chi connectivity index (χ4v) is 1.87. The molecule has 2 nitrogen and oxygen atoms in total. The third-order valence-electron chi connectivity index (χ3n) is 2.45. The zero-order valence-electron chi connectivity index (χ0n) is 9.11. The maximum Gasteiger partial charge on any atom is 0.176 e. The first kappa shape index (κ1) is 11.1. The third-order valence-corrected chi connectivity index (χ3v) is 2.67. The lowest BCUT2D eigenvalue weighted by molar-refractivity contribution is 0.467. The van der Waals surface area contributed by atoms with Gasteiger partial charge < -0.3 is 9.15 Å². The fraction of sp³-hybridized carbons (Fsp3) is 0. The molecule has 18 heavy (non-hydrogen) atoms. The number of benzene rings is 2. The molecule has 0 aliphatic heterocycles. The largest absolute Gasteiger partial charge is 0.460 e. The highest BCUT2D eigenvalue weighted by atomic mass is 35.5. The van der Waals surface area contributed by atoms with E-state index in [-0.39, 0.29) is 5.82 Å². The number of hydrogen-bond acceptors (Lipinski definition) is 2. The van der Waals surface area contributed by atoms with E-state index < -0.39 is 0 Å². The Morgan fingerprint density at radius 2 is 2.11 bits per heavy atom. The highest BCUT2D eigenvalue weighted by Gasteiger charge is 2.09. The molecule has 0 fully saturated rings. The van der Waals surface area contributed by atoms with Crippen LogP contribution >= 0.6 is 11.6 Å². The number of furan rings is 1. The van der Waals surface area contributed by atoms with Gasteiger partial charge in [0.25, 0.3) is 0 Å². The van der Waals surface area contributed by atoms with Crippen LogP contribution in [-0.4, -0.2) is 0 Å². The van der Waals surface area contributed by atoms with Gasteiger partial charge in [-0.05, 0) is 24.3 Å². The summed E-state index contributed by atoms with van der Waals surface area (Å²) in [6, 6.07) is 12.0. The van der Waals surface area contributed by atoms with Crippen LogP contribution in [0.2, 0.25) is 5.02 Å². The first-order chi connectivity index (χ1) is 8.72.